The second-order valence-corrected chi connectivity index (χ2v) is 15.4. The van der Waals surface area contributed by atoms with Crippen LogP contribution in [0.2, 0.25) is 0 Å². The van der Waals surface area contributed by atoms with E-state index in [1.807, 2.05) is 0 Å². The highest BCUT2D eigenvalue weighted by molar-refractivity contribution is 6.00. The van der Waals surface area contributed by atoms with Crippen molar-refractivity contribution in [3.63, 3.8) is 0 Å². The monoisotopic (exact) mass is 948 g/mol. The lowest BCUT2D eigenvalue weighted by molar-refractivity contribution is -0.145. The zero-order chi connectivity index (χ0) is 49.7. The molecule has 0 radical (unpaired) electrons. The Labute approximate surface area is 398 Å². The number of hydrogen-bond acceptors (Lipinski definition) is 17. The zero-order valence-corrected chi connectivity index (χ0v) is 38.2. The van der Waals surface area contributed by atoms with Crippen molar-refractivity contribution >= 4 is 47.6 Å². The molecular formula is C52H52O17. The number of benzene rings is 4. The first-order valence-corrected chi connectivity index (χ1v) is 22.1. The quantitative estimate of drug-likeness (QED) is 0.0161. The molecular weight excluding hydrogens is 897 g/mol. The van der Waals surface area contributed by atoms with Crippen molar-refractivity contribution in [1.29, 1.82) is 0 Å². The highest BCUT2D eigenvalue weighted by Gasteiger charge is 2.33. The molecule has 0 N–H and O–H groups in total. The molecule has 0 amide bonds. The molecule has 0 spiro atoms. The summed E-state index contributed by atoms with van der Waals surface area (Å²) in [6.45, 7) is 9.18. The van der Waals surface area contributed by atoms with Crippen molar-refractivity contribution in [2.75, 3.05) is 33.5 Å². The highest BCUT2D eigenvalue weighted by atomic mass is 16.6. The zero-order valence-electron chi connectivity index (χ0n) is 38.2. The third-order valence-electron chi connectivity index (χ3n) is 10.5. The molecule has 0 saturated heterocycles. The number of unbranched alkanes of at least 4 members (excludes halogenated alkanes) is 2. The Hall–Kier alpha value is -8.08. The molecule has 0 aromatic heterocycles. The molecule has 0 heterocycles. The maximum atomic E-state index is 13.3. The molecule has 1 fully saturated rings. The van der Waals surface area contributed by atoms with Crippen LogP contribution >= 0.6 is 0 Å². The minimum absolute atomic E-state index is 0.00958. The molecule has 69 heavy (non-hydrogen) atoms. The number of Topliss-reactive ketones (excluding diaryl/α,β-unsaturated/α-hetero) is 1. The topological polar surface area (TPSA) is 220 Å². The molecule has 0 atom stereocenters. The van der Waals surface area contributed by atoms with Gasteiger partial charge in [-0.25, -0.2) is 24.0 Å². The molecule has 17 nitrogen and oxygen atoms in total. The van der Waals surface area contributed by atoms with Gasteiger partial charge in [-0.2, -0.15) is 0 Å². The van der Waals surface area contributed by atoms with Crippen molar-refractivity contribution < 1.29 is 81.0 Å². The Morgan fingerprint density at radius 1 is 0.493 bits per heavy atom. The van der Waals surface area contributed by atoms with Gasteiger partial charge in [-0.1, -0.05) is 13.2 Å². The lowest BCUT2D eigenvalue weighted by atomic mass is 9.82. The van der Waals surface area contributed by atoms with E-state index in [4.69, 9.17) is 42.6 Å². The number of esters is 7. The molecule has 4 aromatic carbocycles. The third kappa shape index (κ3) is 16.0. The van der Waals surface area contributed by atoms with Crippen LogP contribution < -0.4 is 28.4 Å². The molecule has 0 unspecified atom stereocenters. The predicted molar refractivity (Wildman–Crippen MR) is 246 cm³/mol. The van der Waals surface area contributed by atoms with Crippen molar-refractivity contribution in [3.8, 4) is 34.5 Å². The van der Waals surface area contributed by atoms with Gasteiger partial charge in [-0.05, 0) is 143 Å². The average molecular weight is 949 g/mol. The smallest absolute Gasteiger partial charge is 0.343 e. The standard InChI is InChI=1S/C52H52O17/c1-5-46(54)64-29-9-7-27-62-38-19-15-36(16-20-38)50(58)68-44-25-23-40(31-42(44)33(3)53)66-48(56)34-11-13-35(14-12-34)49(57)67-41-24-26-45(43(32-41)52(60)61-4)69-51(59)37-17-21-39(22-18-37)63-28-8-10-30-65-47(55)6-2/h5-6,15-26,31-32,34-35H,1-2,7-14,27-30H2,3-4H3. The Kier molecular flexibility index (Phi) is 19.8. The van der Waals surface area contributed by atoms with Crippen LogP contribution in [0.1, 0.15) is 99.7 Å². The van der Waals surface area contributed by atoms with Gasteiger partial charge >= 0.3 is 41.8 Å². The molecule has 0 bridgehead atoms. The largest absolute Gasteiger partial charge is 0.494 e. The normalized spacial score (nSPS) is 13.9. The first-order chi connectivity index (χ1) is 33.3. The lowest BCUT2D eigenvalue weighted by Crippen LogP contribution is -2.30. The Bertz CT molecular complexity index is 2500. The van der Waals surface area contributed by atoms with E-state index >= 15 is 0 Å². The van der Waals surface area contributed by atoms with E-state index in [-0.39, 0.29) is 58.5 Å². The van der Waals surface area contributed by atoms with E-state index in [9.17, 15) is 38.4 Å². The molecule has 5 rings (SSSR count). The van der Waals surface area contributed by atoms with E-state index in [0.29, 0.717) is 76.1 Å². The first kappa shape index (κ1) is 51.9. The number of ketones is 1. The number of hydrogen-bond donors (Lipinski definition) is 0. The van der Waals surface area contributed by atoms with Gasteiger partial charge in [0.1, 0.15) is 40.1 Å². The molecule has 362 valence electrons. The van der Waals surface area contributed by atoms with E-state index in [2.05, 4.69) is 13.2 Å². The van der Waals surface area contributed by atoms with Gasteiger partial charge in [0.25, 0.3) is 0 Å². The maximum Gasteiger partial charge on any atom is 0.343 e. The molecule has 4 aromatic rings. The number of ether oxygens (including phenoxy) is 9. The van der Waals surface area contributed by atoms with Crippen LogP contribution in [0.3, 0.4) is 0 Å². The van der Waals surface area contributed by atoms with E-state index in [0.717, 1.165) is 19.3 Å². The van der Waals surface area contributed by atoms with Gasteiger partial charge in [-0.15, -0.1) is 0 Å². The summed E-state index contributed by atoms with van der Waals surface area (Å²) in [5, 5.41) is 0. The van der Waals surface area contributed by atoms with Crippen molar-refractivity contribution in [1.82, 2.24) is 0 Å². The van der Waals surface area contributed by atoms with Gasteiger partial charge in [0.15, 0.2) is 5.78 Å². The second-order valence-electron chi connectivity index (χ2n) is 15.4. The average Bonchev–Trinajstić information content (AvgIpc) is 3.36. The van der Waals surface area contributed by atoms with Crippen LogP contribution in [0, 0.1) is 11.8 Å². The predicted octanol–water partition coefficient (Wildman–Crippen LogP) is 8.21. The Balaban J connectivity index is 1.08. The summed E-state index contributed by atoms with van der Waals surface area (Å²) in [7, 11) is 1.15. The summed E-state index contributed by atoms with van der Waals surface area (Å²) < 4.78 is 48.4. The first-order valence-electron chi connectivity index (χ1n) is 22.1. The minimum atomic E-state index is -0.840. The number of carbonyl (C=O) groups is 8. The number of rotatable bonds is 24. The van der Waals surface area contributed by atoms with E-state index in [1.165, 1.54) is 67.6 Å². The lowest BCUT2D eigenvalue weighted by Gasteiger charge is -2.26. The van der Waals surface area contributed by atoms with Gasteiger partial charge in [0.05, 0.1) is 62.1 Å². The highest BCUT2D eigenvalue weighted by Crippen LogP contribution is 2.34. The van der Waals surface area contributed by atoms with Crippen molar-refractivity contribution in [2.45, 2.75) is 58.3 Å². The second kappa shape index (κ2) is 26.3. The fraction of sp³-hybridized carbons (Fsp3) is 0.308. The van der Waals surface area contributed by atoms with Crippen LogP contribution in [-0.2, 0) is 33.4 Å². The number of carbonyl (C=O) groups excluding carboxylic acids is 8. The number of methoxy groups -OCH3 is 1. The summed E-state index contributed by atoms with van der Waals surface area (Å²) >= 11 is 0. The van der Waals surface area contributed by atoms with E-state index in [1.54, 1.807) is 24.3 Å². The fourth-order valence-corrected chi connectivity index (χ4v) is 6.78. The van der Waals surface area contributed by atoms with Crippen LogP contribution in [0.15, 0.2) is 110 Å². The van der Waals surface area contributed by atoms with Gasteiger partial charge in [0, 0.05) is 12.2 Å². The maximum absolute atomic E-state index is 13.3. The molecule has 0 aliphatic heterocycles. The van der Waals surface area contributed by atoms with Gasteiger partial charge < -0.3 is 42.6 Å². The summed E-state index contributed by atoms with van der Waals surface area (Å²) in [4.78, 5) is 100. The van der Waals surface area contributed by atoms with Crippen LogP contribution in [-0.4, -0.2) is 81.1 Å². The molecule has 1 aliphatic carbocycles. The summed E-state index contributed by atoms with van der Waals surface area (Å²) in [6, 6.07) is 20.4. The summed E-state index contributed by atoms with van der Waals surface area (Å²) in [5.74, 6) is -5.07. The Morgan fingerprint density at radius 2 is 0.870 bits per heavy atom. The van der Waals surface area contributed by atoms with Crippen molar-refractivity contribution in [2.24, 2.45) is 11.8 Å². The molecule has 1 aliphatic rings. The Morgan fingerprint density at radius 3 is 1.26 bits per heavy atom. The van der Waals surface area contributed by atoms with Gasteiger partial charge in [-0.3, -0.25) is 14.4 Å². The van der Waals surface area contributed by atoms with Crippen LogP contribution in [0.25, 0.3) is 0 Å². The fourth-order valence-electron chi connectivity index (χ4n) is 6.78. The molecule has 17 heteroatoms. The van der Waals surface area contributed by atoms with E-state index < -0.39 is 59.4 Å². The minimum Gasteiger partial charge on any atom is -0.494 e. The third-order valence-corrected chi connectivity index (χ3v) is 10.5. The summed E-state index contributed by atoms with van der Waals surface area (Å²) in [5.41, 5.74) is 0.235. The van der Waals surface area contributed by atoms with Gasteiger partial charge in [0.2, 0.25) is 0 Å². The molecule has 1 saturated carbocycles. The van der Waals surface area contributed by atoms with Crippen LogP contribution in [0.5, 0.6) is 34.5 Å². The summed E-state index contributed by atoms with van der Waals surface area (Å²) in [6.07, 6.45) is 5.85. The van der Waals surface area contributed by atoms with Crippen molar-refractivity contribution in [3.05, 3.63) is 132 Å². The SMILES string of the molecule is C=CC(=O)OCCCCOc1ccc(C(=O)Oc2ccc(OC(=O)C3CCC(C(=O)Oc4ccc(OC(=O)c5ccc(OCCCCOC(=O)C=C)cc5)c(C(=O)OC)c4)CC3)cc2C(C)=O)cc1. The van der Waals surface area contributed by atoms with Crippen LogP contribution in [0.4, 0.5) is 0 Å².